The number of carbonyl (C=O) groups excluding carboxylic acids is 1. The average Bonchev–Trinajstić information content (AvgIpc) is 3.02. The number of likely N-dealkylation sites (tertiary alicyclic amines) is 1. The van der Waals surface area contributed by atoms with Gasteiger partial charge in [0.25, 0.3) is 0 Å². The van der Waals surface area contributed by atoms with E-state index in [0.29, 0.717) is 49.4 Å². The molecule has 0 spiro atoms. The molecule has 10 heteroatoms. The minimum Gasteiger partial charge on any atom is -0.324 e. The number of aromatic amines is 1. The van der Waals surface area contributed by atoms with E-state index >= 15 is 0 Å². The van der Waals surface area contributed by atoms with Crippen molar-refractivity contribution in [2.75, 3.05) is 18.4 Å². The van der Waals surface area contributed by atoms with Crippen molar-refractivity contribution in [3.05, 3.63) is 41.2 Å². The minimum absolute atomic E-state index is 0.0780. The molecule has 1 aliphatic heterocycles. The molecule has 2 heterocycles. The summed E-state index contributed by atoms with van der Waals surface area (Å²) in [6.45, 7) is 2.50. The molecule has 1 fully saturated rings. The second kappa shape index (κ2) is 6.93. The Morgan fingerprint density at radius 2 is 2.15 bits per heavy atom. The van der Waals surface area contributed by atoms with Crippen molar-refractivity contribution in [3.63, 3.8) is 0 Å². The highest BCUT2D eigenvalue weighted by molar-refractivity contribution is 5.89. The minimum atomic E-state index is -4.62. The zero-order valence-corrected chi connectivity index (χ0v) is 13.9. The number of urea groups is 1. The summed E-state index contributed by atoms with van der Waals surface area (Å²) < 4.78 is 52.1. The van der Waals surface area contributed by atoms with Crippen LogP contribution in [0.15, 0.2) is 18.2 Å². The highest BCUT2D eigenvalue weighted by Gasteiger charge is 2.32. The molecule has 0 saturated carbocycles. The number of halogens is 4. The molecule has 0 radical (unpaired) electrons. The molecule has 1 atom stereocenters. The van der Waals surface area contributed by atoms with E-state index in [0.717, 1.165) is 6.42 Å². The largest absolute Gasteiger partial charge is 0.416 e. The van der Waals surface area contributed by atoms with Crippen molar-refractivity contribution >= 4 is 11.7 Å². The normalized spacial score (nSPS) is 18.0. The molecule has 2 amide bonds. The summed E-state index contributed by atoms with van der Waals surface area (Å²) in [5.41, 5.74) is -1.53. The first-order valence-corrected chi connectivity index (χ1v) is 8.05. The zero-order valence-electron chi connectivity index (χ0n) is 13.9. The highest BCUT2D eigenvalue weighted by Crippen LogP contribution is 2.32. The van der Waals surface area contributed by atoms with E-state index in [1.165, 1.54) is 4.90 Å². The van der Waals surface area contributed by atoms with Crippen LogP contribution in [0.3, 0.4) is 0 Å². The fraction of sp³-hybridized carbons (Fsp3) is 0.438. The lowest BCUT2D eigenvalue weighted by atomic mass is 9.97. The number of piperidine rings is 1. The first kappa shape index (κ1) is 18.2. The van der Waals surface area contributed by atoms with Gasteiger partial charge in [-0.3, -0.25) is 5.10 Å². The molecular weight excluding hydrogens is 354 g/mol. The predicted octanol–water partition coefficient (Wildman–Crippen LogP) is 3.68. The van der Waals surface area contributed by atoms with Crippen molar-refractivity contribution in [1.29, 1.82) is 0 Å². The van der Waals surface area contributed by atoms with E-state index in [9.17, 15) is 22.4 Å². The summed E-state index contributed by atoms with van der Waals surface area (Å²) in [5, 5.41) is 9.06. The van der Waals surface area contributed by atoms with Gasteiger partial charge in [-0.2, -0.15) is 18.3 Å². The predicted molar refractivity (Wildman–Crippen MR) is 85.1 cm³/mol. The molecule has 0 bridgehead atoms. The number of amides is 2. The number of benzene rings is 1. The van der Waals surface area contributed by atoms with Crippen molar-refractivity contribution in [3.8, 4) is 0 Å². The Labute approximate surface area is 146 Å². The van der Waals surface area contributed by atoms with Crippen LogP contribution >= 0.6 is 0 Å². The summed E-state index contributed by atoms with van der Waals surface area (Å²) in [4.78, 5) is 18.1. The SMILES string of the molecule is Cc1nc(C2CCCN(C(=O)Nc3cc(C(F)(F)F)ccc3F)C2)n[nH]1. The lowest BCUT2D eigenvalue weighted by Gasteiger charge is -2.31. The number of hydrogen-bond acceptors (Lipinski definition) is 3. The van der Waals surface area contributed by atoms with Gasteiger partial charge in [0.1, 0.15) is 11.6 Å². The third kappa shape index (κ3) is 3.94. The Bertz CT molecular complexity index is 804. The fourth-order valence-electron chi connectivity index (χ4n) is 2.91. The van der Waals surface area contributed by atoms with E-state index in [1.807, 2.05) is 0 Å². The zero-order chi connectivity index (χ0) is 18.9. The number of rotatable bonds is 2. The van der Waals surface area contributed by atoms with Gasteiger partial charge in [0.05, 0.1) is 11.3 Å². The summed E-state index contributed by atoms with van der Waals surface area (Å²) >= 11 is 0. The monoisotopic (exact) mass is 371 g/mol. The quantitative estimate of drug-likeness (QED) is 0.791. The van der Waals surface area contributed by atoms with Gasteiger partial charge in [-0.1, -0.05) is 0 Å². The van der Waals surface area contributed by atoms with Crippen LogP contribution in [0.1, 0.15) is 36.0 Å². The third-order valence-electron chi connectivity index (χ3n) is 4.22. The number of H-pyrrole nitrogens is 1. The average molecular weight is 371 g/mol. The number of nitrogens with one attached hydrogen (secondary N) is 2. The van der Waals surface area contributed by atoms with Gasteiger partial charge in [0, 0.05) is 19.0 Å². The molecule has 1 unspecified atom stereocenters. The molecule has 0 aliphatic carbocycles. The fourth-order valence-corrected chi connectivity index (χ4v) is 2.91. The van der Waals surface area contributed by atoms with Crippen LogP contribution in [0.25, 0.3) is 0 Å². The molecular formula is C16H17F4N5O. The maximum Gasteiger partial charge on any atom is 0.416 e. The van der Waals surface area contributed by atoms with Crippen LogP contribution in [-0.4, -0.2) is 39.2 Å². The number of aryl methyl sites for hydroxylation is 1. The van der Waals surface area contributed by atoms with Crippen LogP contribution in [0.4, 0.5) is 28.0 Å². The Balaban J connectivity index is 1.71. The highest BCUT2D eigenvalue weighted by atomic mass is 19.4. The Hall–Kier alpha value is -2.65. The number of carbonyl (C=O) groups is 1. The number of aromatic nitrogens is 3. The first-order valence-electron chi connectivity index (χ1n) is 8.05. The smallest absolute Gasteiger partial charge is 0.324 e. The molecule has 1 saturated heterocycles. The summed E-state index contributed by atoms with van der Waals surface area (Å²) in [6, 6.07) is 1.26. The van der Waals surface area contributed by atoms with Gasteiger partial charge in [0.15, 0.2) is 5.82 Å². The van der Waals surface area contributed by atoms with Gasteiger partial charge >= 0.3 is 12.2 Å². The van der Waals surface area contributed by atoms with Gasteiger partial charge in [-0.05, 0) is 38.0 Å². The lowest BCUT2D eigenvalue weighted by molar-refractivity contribution is -0.137. The Kier molecular flexibility index (Phi) is 4.84. The molecule has 1 aromatic heterocycles. The third-order valence-corrected chi connectivity index (χ3v) is 4.22. The number of anilines is 1. The summed E-state index contributed by atoms with van der Waals surface area (Å²) in [7, 11) is 0. The van der Waals surface area contributed by atoms with Crippen molar-refractivity contribution < 1.29 is 22.4 Å². The van der Waals surface area contributed by atoms with Crippen LogP contribution in [-0.2, 0) is 6.18 Å². The van der Waals surface area contributed by atoms with E-state index in [2.05, 4.69) is 20.5 Å². The lowest BCUT2D eigenvalue weighted by Crippen LogP contribution is -2.42. The standard InChI is InChI=1S/C16H17F4N5O/c1-9-21-14(24-23-9)10-3-2-6-25(8-10)15(26)22-13-7-11(16(18,19)20)4-5-12(13)17/h4-5,7,10H,2-3,6,8H2,1H3,(H,22,26)(H,21,23,24). The summed E-state index contributed by atoms with van der Waals surface area (Å²) in [6.07, 6.45) is -3.14. The van der Waals surface area contributed by atoms with Crippen molar-refractivity contribution in [2.24, 2.45) is 0 Å². The molecule has 6 nitrogen and oxygen atoms in total. The van der Waals surface area contributed by atoms with E-state index in [-0.39, 0.29) is 5.92 Å². The van der Waals surface area contributed by atoms with Gasteiger partial charge in [-0.25, -0.2) is 14.2 Å². The van der Waals surface area contributed by atoms with Crippen molar-refractivity contribution in [2.45, 2.75) is 31.9 Å². The molecule has 2 aromatic rings. The number of alkyl halides is 3. The molecule has 1 aromatic carbocycles. The van der Waals surface area contributed by atoms with E-state index in [1.54, 1.807) is 6.92 Å². The number of nitrogens with zero attached hydrogens (tertiary/aromatic N) is 3. The molecule has 26 heavy (non-hydrogen) atoms. The maximum absolute atomic E-state index is 13.8. The van der Waals surface area contributed by atoms with Crippen molar-refractivity contribution in [1.82, 2.24) is 20.1 Å². The topological polar surface area (TPSA) is 73.9 Å². The molecule has 140 valence electrons. The molecule has 2 N–H and O–H groups in total. The Morgan fingerprint density at radius 1 is 1.38 bits per heavy atom. The van der Waals surface area contributed by atoms with Crippen LogP contribution in [0, 0.1) is 12.7 Å². The second-order valence-electron chi connectivity index (χ2n) is 6.19. The van der Waals surface area contributed by atoms with Crippen LogP contribution in [0.2, 0.25) is 0 Å². The van der Waals surface area contributed by atoms with Crippen LogP contribution < -0.4 is 5.32 Å². The Morgan fingerprint density at radius 3 is 2.81 bits per heavy atom. The van der Waals surface area contributed by atoms with E-state index in [4.69, 9.17) is 0 Å². The van der Waals surface area contributed by atoms with E-state index < -0.39 is 29.3 Å². The van der Waals surface area contributed by atoms with Gasteiger partial charge < -0.3 is 10.2 Å². The summed E-state index contributed by atoms with van der Waals surface area (Å²) in [5.74, 6) is 0.244. The van der Waals surface area contributed by atoms with Gasteiger partial charge in [-0.15, -0.1) is 0 Å². The molecule has 3 rings (SSSR count). The van der Waals surface area contributed by atoms with Crippen LogP contribution in [0.5, 0.6) is 0 Å². The first-order chi connectivity index (χ1) is 12.2. The van der Waals surface area contributed by atoms with Gasteiger partial charge in [0.2, 0.25) is 0 Å². The number of hydrogen-bond donors (Lipinski definition) is 2. The molecule has 1 aliphatic rings. The second-order valence-corrected chi connectivity index (χ2v) is 6.19. The maximum atomic E-state index is 13.8.